The average Bonchev–Trinajstić information content (AvgIpc) is 3.33. The zero-order chi connectivity index (χ0) is 20.9. The first-order valence-corrected chi connectivity index (χ1v) is 9.76. The van der Waals surface area contributed by atoms with Gasteiger partial charge in [-0.05, 0) is 29.8 Å². The van der Waals surface area contributed by atoms with Crippen LogP contribution in [0.2, 0.25) is 0 Å². The van der Waals surface area contributed by atoms with Gasteiger partial charge in [0.2, 0.25) is 0 Å². The maximum Gasteiger partial charge on any atom is 0.292 e. The van der Waals surface area contributed by atoms with E-state index >= 15 is 0 Å². The number of piperazine rings is 1. The second kappa shape index (κ2) is 8.69. The van der Waals surface area contributed by atoms with Crippen molar-refractivity contribution in [3.05, 3.63) is 88.4 Å². The van der Waals surface area contributed by atoms with Gasteiger partial charge in [-0.2, -0.15) is 0 Å². The Morgan fingerprint density at radius 3 is 2.47 bits per heavy atom. The summed E-state index contributed by atoms with van der Waals surface area (Å²) in [5.74, 6) is 0.222. The molecule has 2 heterocycles. The SMILES string of the molecule is O=C(c1ccco1)N1CCN(c2ccc([N+](=O)[O-])c(NCc3ccccc3)c2)CC1. The second-order valence-corrected chi connectivity index (χ2v) is 7.05. The Balaban J connectivity index is 1.45. The number of hydrogen-bond donors (Lipinski definition) is 1. The predicted molar refractivity (Wildman–Crippen MR) is 114 cm³/mol. The highest BCUT2D eigenvalue weighted by molar-refractivity contribution is 5.91. The molecule has 1 aliphatic heterocycles. The maximum atomic E-state index is 12.4. The number of amides is 1. The highest BCUT2D eigenvalue weighted by atomic mass is 16.6. The first kappa shape index (κ1) is 19.5. The summed E-state index contributed by atoms with van der Waals surface area (Å²) in [5, 5.41) is 14.6. The third-order valence-corrected chi connectivity index (χ3v) is 5.17. The molecular formula is C22H22N4O4. The van der Waals surface area contributed by atoms with Crippen molar-refractivity contribution in [2.75, 3.05) is 36.4 Å². The van der Waals surface area contributed by atoms with E-state index in [2.05, 4.69) is 10.2 Å². The van der Waals surface area contributed by atoms with Gasteiger partial charge in [0, 0.05) is 44.5 Å². The summed E-state index contributed by atoms with van der Waals surface area (Å²) in [5.41, 5.74) is 2.46. The number of carbonyl (C=O) groups is 1. The lowest BCUT2D eigenvalue weighted by Gasteiger charge is -2.35. The largest absolute Gasteiger partial charge is 0.459 e. The van der Waals surface area contributed by atoms with Gasteiger partial charge in [0.15, 0.2) is 5.76 Å². The van der Waals surface area contributed by atoms with Crippen LogP contribution in [0.3, 0.4) is 0 Å². The fourth-order valence-electron chi connectivity index (χ4n) is 3.54. The Hall–Kier alpha value is -3.81. The van der Waals surface area contributed by atoms with Gasteiger partial charge in [-0.25, -0.2) is 0 Å². The minimum Gasteiger partial charge on any atom is -0.459 e. The van der Waals surface area contributed by atoms with E-state index in [9.17, 15) is 14.9 Å². The van der Waals surface area contributed by atoms with E-state index in [0.717, 1.165) is 11.3 Å². The Labute approximate surface area is 173 Å². The van der Waals surface area contributed by atoms with Crippen LogP contribution in [0.15, 0.2) is 71.3 Å². The molecular weight excluding hydrogens is 384 g/mol. The van der Waals surface area contributed by atoms with Crippen LogP contribution in [-0.4, -0.2) is 41.9 Å². The monoisotopic (exact) mass is 406 g/mol. The van der Waals surface area contributed by atoms with Crippen molar-refractivity contribution in [3.8, 4) is 0 Å². The molecule has 4 rings (SSSR count). The summed E-state index contributed by atoms with van der Waals surface area (Å²) in [6.45, 7) is 2.90. The lowest BCUT2D eigenvalue weighted by Crippen LogP contribution is -2.48. The van der Waals surface area contributed by atoms with Crippen LogP contribution in [0.4, 0.5) is 17.1 Å². The van der Waals surface area contributed by atoms with E-state index in [1.54, 1.807) is 23.1 Å². The summed E-state index contributed by atoms with van der Waals surface area (Å²) >= 11 is 0. The van der Waals surface area contributed by atoms with Gasteiger partial charge in [-0.15, -0.1) is 0 Å². The van der Waals surface area contributed by atoms with Crippen LogP contribution >= 0.6 is 0 Å². The molecule has 30 heavy (non-hydrogen) atoms. The summed E-state index contributed by atoms with van der Waals surface area (Å²) in [6, 6.07) is 18.2. The van der Waals surface area contributed by atoms with Crippen LogP contribution in [0.25, 0.3) is 0 Å². The fourth-order valence-corrected chi connectivity index (χ4v) is 3.54. The molecule has 1 aromatic heterocycles. The molecule has 1 saturated heterocycles. The molecule has 0 radical (unpaired) electrons. The molecule has 0 saturated carbocycles. The van der Waals surface area contributed by atoms with E-state index in [1.807, 2.05) is 36.4 Å². The van der Waals surface area contributed by atoms with Gasteiger partial charge in [0.05, 0.1) is 11.2 Å². The highest BCUT2D eigenvalue weighted by Gasteiger charge is 2.25. The minimum absolute atomic E-state index is 0.0429. The third kappa shape index (κ3) is 4.27. The van der Waals surface area contributed by atoms with E-state index in [0.29, 0.717) is 44.2 Å². The van der Waals surface area contributed by atoms with E-state index in [1.165, 1.54) is 12.3 Å². The Morgan fingerprint density at radius 1 is 1.03 bits per heavy atom. The molecule has 0 spiro atoms. The number of carbonyl (C=O) groups excluding carboxylic acids is 1. The van der Waals surface area contributed by atoms with Gasteiger partial charge >= 0.3 is 0 Å². The van der Waals surface area contributed by atoms with Crippen molar-refractivity contribution in [1.29, 1.82) is 0 Å². The molecule has 0 unspecified atom stereocenters. The molecule has 2 aromatic carbocycles. The molecule has 0 atom stereocenters. The minimum atomic E-state index is -0.378. The molecule has 154 valence electrons. The van der Waals surface area contributed by atoms with Gasteiger partial charge in [0.1, 0.15) is 5.69 Å². The van der Waals surface area contributed by atoms with E-state index in [4.69, 9.17) is 4.42 Å². The van der Waals surface area contributed by atoms with E-state index in [-0.39, 0.29) is 16.5 Å². The molecule has 0 aliphatic carbocycles. The molecule has 3 aromatic rings. The fraction of sp³-hybridized carbons (Fsp3) is 0.227. The summed E-state index contributed by atoms with van der Waals surface area (Å²) in [7, 11) is 0. The first-order valence-electron chi connectivity index (χ1n) is 9.76. The van der Waals surface area contributed by atoms with Crippen molar-refractivity contribution in [2.45, 2.75) is 6.54 Å². The lowest BCUT2D eigenvalue weighted by atomic mass is 10.1. The standard InChI is InChI=1S/C22H22N4O4/c27-22(21-7-4-14-30-21)25-12-10-24(11-13-25)18-8-9-20(26(28)29)19(15-18)23-16-17-5-2-1-3-6-17/h1-9,14-15,23H,10-13,16H2. The van der Waals surface area contributed by atoms with Gasteiger partial charge in [0.25, 0.3) is 11.6 Å². The lowest BCUT2D eigenvalue weighted by molar-refractivity contribution is -0.384. The number of furan rings is 1. The molecule has 8 nitrogen and oxygen atoms in total. The number of nitrogens with zero attached hydrogens (tertiary/aromatic N) is 3. The predicted octanol–water partition coefficient (Wildman–Crippen LogP) is 3.76. The second-order valence-electron chi connectivity index (χ2n) is 7.05. The zero-order valence-corrected chi connectivity index (χ0v) is 16.4. The molecule has 0 bridgehead atoms. The Bertz CT molecular complexity index is 1010. The van der Waals surface area contributed by atoms with Crippen molar-refractivity contribution in [1.82, 2.24) is 4.90 Å². The van der Waals surface area contributed by atoms with Crippen molar-refractivity contribution >= 4 is 23.0 Å². The number of hydrogen-bond acceptors (Lipinski definition) is 6. The summed E-state index contributed by atoms with van der Waals surface area (Å²) < 4.78 is 5.20. The van der Waals surface area contributed by atoms with Crippen molar-refractivity contribution in [2.24, 2.45) is 0 Å². The van der Waals surface area contributed by atoms with Gasteiger partial charge in [-0.3, -0.25) is 14.9 Å². The number of nitro benzene ring substituents is 1. The van der Waals surface area contributed by atoms with Crippen LogP contribution < -0.4 is 10.2 Å². The number of benzene rings is 2. The third-order valence-electron chi connectivity index (χ3n) is 5.17. The number of anilines is 2. The molecule has 8 heteroatoms. The maximum absolute atomic E-state index is 12.4. The number of nitro groups is 1. The van der Waals surface area contributed by atoms with Gasteiger partial charge < -0.3 is 19.5 Å². The quantitative estimate of drug-likeness (QED) is 0.495. The molecule has 1 aliphatic rings. The summed E-state index contributed by atoms with van der Waals surface area (Å²) in [6.07, 6.45) is 1.49. The van der Waals surface area contributed by atoms with Crippen LogP contribution in [0, 0.1) is 10.1 Å². The van der Waals surface area contributed by atoms with Crippen molar-refractivity contribution < 1.29 is 14.1 Å². The summed E-state index contributed by atoms with van der Waals surface area (Å²) in [4.78, 5) is 27.4. The zero-order valence-electron chi connectivity index (χ0n) is 16.4. The van der Waals surface area contributed by atoms with Crippen LogP contribution in [0.1, 0.15) is 16.1 Å². The Morgan fingerprint density at radius 2 is 1.80 bits per heavy atom. The molecule has 1 amide bonds. The van der Waals surface area contributed by atoms with E-state index < -0.39 is 0 Å². The van der Waals surface area contributed by atoms with Crippen LogP contribution in [-0.2, 0) is 6.54 Å². The van der Waals surface area contributed by atoms with Gasteiger partial charge in [-0.1, -0.05) is 30.3 Å². The Kier molecular flexibility index (Phi) is 5.65. The normalized spacial score (nSPS) is 13.9. The number of rotatable bonds is 6. The van der Waals surface area contributed by atoms with Crippen molar-refractivity contribution in [3.63, 3.8) is 0 Å². The number of nitrogens with one attached hydrogen (secondary N) is 1. The smallest absolute Gasteiger partial charge is 0.292 e. The molecule has 1 fully saturated rings. The average molecular weight is 406 g/mol. The molecule has 1 N–H and O–H groups in total. The topological polar surface area (TPSA) is 91.9 Å². The van der Waals surface area contributed by atoms with Crippen LogP contribution in [0.5, 0.6) is 0 Å². The highest BCUT2D eigenvalue weighted by Crippen LogP contribution is 2.30. The first-order chi connectivity index (χ1) is 14.6.